The third kappa shape index (κ3) is 14.5. The highest BCUT2D eigenvalue weighted by molar-refractivity contribution is 8.13. The van der Waals surface area contributed by atoms with Gasteiger partial charge in [-0.05, 0) is 25.3 Å². The van der Waals surface area contributed by atoms with Crippen LogP contribution in [0, 0.1) is 6.92 Å². The first-order chi connectivity index (χ1) is 16.9. The Morgan fingerprint density at radius 2 is 1.51 bits per heavy atom. The number of nitrogens with zero attached hydrogens (tertiary/aromatic N) is 3. The van der Waals surface area contributed by atoms with Crippen molar-refractivity contribution >= 4 is 32.2 Å². The number of sulfonamides is 2. The number of pyridine rings is 1. The molecule has 1 amide bonds. The Bertz CT molecular complexity index is 1060. The number of aryl methyl sites for hydroxylation is 1. The summed E-state index contributed by atoms with van der Waals surface area (Å²) in [6.07, 6.45) is 8.83. The molecule has 0 aromatic carbocycles. The Morgan fingerprint density at radius 1 is 1.00 bits per heavy atom. The molecule has 1 aromatic rings. The van der Waals surface area contributed by atoms with Crippen LogP contribution in [-0.2, 0) is 36.1 Å². The average molecular weight is 587 g/mol. The number of rotatable bonds is 12. The lowest BCUT2D eigenvalue weighted by Crippen LogP contribution is -2.36. The Morgan fingerprint density at radius 3 is 2.00 bits per heavy atom. The number of halogens is 6. The molecule has 0 saturated carbocycles. The van der Waals surface area contributed by atoms with E-state index in [2.05, 4.69) is 10.3 Å². The minimum absolute atomic E-state index is 0.350. The van der Waals surface area contributed by atoms with Crippen LogP contribution in [0.4, 0.5) is 31.1 Å². The van der Waals surface area contributed by atoms with Crippen molar-refractivity contribution in [3.8, 4) is 0 Å². The van der Waals surface area contributed by atoms with Crippen LogP contribution in [-0.4, -0.2) is 59.7 Å². The van der Waals surface area contributed by atoms with Gasteiger partial charge in [-0.1, -0.05) is 12.8 Å². The number of alkyl carbamates (subject to hydrolysis) is 1. The summed E-state index contributed by atoms with van der Waals surface area (Å²) in [5.74, 6) is 0. The molecule has 0 bridgehead atoms. The van der Waals surface area contributed by atoms with Crippen LogP contribution in [0.2, 0.25) is 0 Å². The zero-order valence-electron chi connectivity index (χ0n) is 19.2. The first kappa shape index (κ1) is 34.2. The molecule has 0 atom stereocenters. The number of hydrogen-bond donors (Lipinski definition) is 1. The molecule has 0 spiro atoms. The van der Waals surface area contributed by atoms with Crippen molar-refractivity contribution in [2.24, 2.45) is 4.99 Å². The maximum atomic E-state index is 11.5. The van der Waals surface area contributed by atoms with E-state index in [1.807, 2.05) is 36.0 Å². The first-order valence-corrected chi connectivity index (χ1v) is 13.1. The predicted octanol–water partition coefficient (Wildman–Crippen LogP) is 2.96. The van der Waals surface area contributed by atoms with Crippen molar-refractivity contribution in [1.29, 1.82) is 0 Å². The molecule has 0 saturated heterocycles. The maximum Gasteiger partial charge on any atom is 0.480 e. The van der Waals surface area contributed by atoms with E-state index < -0.39 is 31.1 Å². The number of isocyanates is 1. The van der Waals surface area contributed by atoms with Crippen LogP contribution in [0.3, 0.4) is 0 Å². The zero-order valence-corrected chi connectivity index (χ0v) is 20.9. The fourth-order valence-electron chi connectivity index (χ4n) is 2.09. The Labute approximate surface area is 209 Å². The third-order valence-electron chi connectivity index (χ3n) is 3.95. The van der Waals surface area contributed by atoms with Gasteiger partial charge >= 0.3 is 17.1 Å². The second-order valence-electron chi connectivity index (χ2n) is 6.98. The third-order valence-corrected chi connectivity index (χ3v) is 6.69. The molecule has 37 heavy (non-hydrogen) atoms. The fraction of sp³-hybridized carbons (Fsp3) is 0.611. The van der Waals surface area contributed by atoms with Crippen molar-refractivity contribution in [3.63, 3.8) is 0 Å². The predicted molar refractivity (Wildman–Crippen MR) is 115 cm³/mol. The van der Waals surface area contributed by atoms with E-state index in [9.17, 15) is 52.8 Å². The molecule has 212 valence electrons. The van der Waals surface area contributed by atoms with Crippen LogP contribution in [0.15, 0.2) is 29.5 Å². The highest BCUT2D eigenvalue weighted by Gasteiger charge is 2.46. The molecule has 19 heteroatoms. The molecular formula is C18H24F6N4O7S2. The molecule has 1 rings (SSSR count). The number of nitrogens with one attached hydrogen (secondary N) is 1. The van der Waals surface area contributed by atoms with Crippen LogP contribution < -0.4 is 9.88 Å². The number of carbonyl (C=O) groups excluding carboxylic acids is 2. The molecule has 0 radical (unpaired) electrons. The largest absolute Gasteiger partial charge is 0.480 e. The van der Waals surface area contributed by atoms with E-state index in [-0.39, 0.29) is 6.09 Å². The topological polar surface area (TPSA) is 154 Å². The average Bonchev–Trinajstić information content (AvgIpc) is 2.75. The number of aliphatic imine (C=N–C) groups is 1. The molecule has 1 aromatic heterocycles. The van der Waals surface area contributed by atoms with Gasteiger partial charge in [-0.3, -0.25) is 0 Å². The second kappa shape index (κ2) is 15.5. The number of ether oxygens (including phenoxy) is 1. The number of alkyl halides is 6. The van der Waals surface area contributed by atoms with Crippen LogP contribution in [0.1, 0.15) is 31.2 Å². The lowest BCUT2D eigenvalue weighted by Gasteiger charge is -2.22. The Kier molecular flexibility index (Phi) is 14.3. The summed E-state index contributed by atoms with van der Waals surface area (Å²) in [6.45, 7) is 4.17. The van der Waals surface area contributed by atoms with Gasteiger partial charge in [0.15, 0.2) is 45.6 Å². The molecule has 0 fully saturated rings. The summed E-state index contributed by atoms with van der Waals surface area (Å²) in [6, 6.07) is 4.03. The van der Waals surface area contributed by atoms with E-state index in [4.69, 9.17) is 4.74 Å². The van der Waals surface area contributed by atoms with Crippen molar-refractivity contribution in [1.82, 2.24) is 5.32 Å². The zero-order chi connectivity index (χ0) is 28.8. The number of aromatic nitrogens is 1. The van der Waals surface area contributed by atoms with Gasteiger partial charge in [0.05, 0.1) is 6.54 Å². The summed E-state index contributed by atoms with van der Waals surface area (Å²) in [4.78, 5) is 24.8. The molecule has 0 unspecified atom stereocenters. The normalized spacial score (nSPS) is 12.1. The quantitative estimate of drug-likeness (QED) is 0.130. The SMILES string of the molecule is Cc1cc[n+](CCOC(=O)NCCCCCCN=C=O)cc1.O=S(=O)([N-]S(=O)(=O)C(F)(F)F)C(F)(F)F. The van der Waals surface area contributed by atoms with Gasteiger partial charge in [-0.25, -0.2) is 36.0 Å². The van der Waals surface area contributed by atoms with Gasteiger partial charge in [0.2, 0.25) is 6.08 Å². The van der Waals surface area contributed by atoms with Gasteiger partial charge in [-0.2, -0.15) is 26.3 Å². The molecule has 0 aliphatic carbocycles. The van der Waals surface area contributed by atoms with E-state index in [0.29, 0.717) is 26.2 Å². The minimum atomic E-state index is -6.72. The van der Waals surface area contributed by atoms with E-state index in [1.165, 1.54) is 11.6 Å². The van der Waals surface area contributed by atoms with Crippen LogP contribution >= 0.6 is 0 Å². The van der Waals surface area contributed by atoms with Gasteiger partial charge in [-0.15, -0.1) is 0 Å². The fourth-order valence-corrected chi connectivity index (χ4v) is 3.80. The molecule has 0 aliphatic heterocycles. The van der Waals surface area contributed by atoms with E-state index in [0.717, 1.165) is 29.8 Å². The summed E-state index contributed by atoms with van der Waals surface area (Å²) >= 11 is 0. The Hall–Kier alpha value is -2.76. The lowest BCUT2D eigenvalue weighted by atomic mass is 10.2. The Balaban J connectivity index is 0.000000757. The monoisotopic (exact) mass is 586 g/mol. The molecule has 1 N–H and O–H groups in total. The summed E-state index contributed by atoms with van der Waals surface area (Å²) in [5, 5.41) is 2.72. The summed E-state index contributed by atoms with van der Waals surface area (Å²) in [7, 11) is -13.4. The van der Waals surface area contributed by atoms with Crippen molar-refractivity contribution in [3.05, 3.63) is 34.2 Å². The second-order valence-corrected chi connectivity index (χ2v) is 10.4. The van der Waals surface area contributed by atoms with Crippen molar-refractivity contribution in [2.45, 2.75) is 50.2 Å². The minimum Gasteiger partial charge on any atom is -0.443 e. The van der Waals surface area contributed by atoms with Crippen molar-refractivity contribution < 1.29 is 62.1 Å². The smallest absolute Gasteiger partial charge is 0.443 e. The number of carbonyl (C=O) groups is 1. The van der Waals surface area contributed by atoms with Gasteiger partial charge in [0.1, 0.15) is 0 Å². The van der Waals surface area contributed by atoms with E-state index in [1.54, 1.807) is 0 Å². The number of amides is 1. The summed E-state index contributed by atoms with van der Waals surface area (Å²) < 4.78 is 116. The first-order valence-electron chi connectivity index (χ1n) is 10.2. The molecule has 0 aliphatic rings. The highest BCUT2D eigenvalue weighted by atomic mass is 32.3. The highest BCUT2D eigenvalue weighted by Crippen LogP contribution is 2.36. The van der Waals surface area contributed by atoms with Crippen molar-refractivity contribution in [2.75, 3.05) is 19.7 Å². The number of hydrogen-bond acceptors (Lipinski definition) is 8. The van der Waals surface area contributed by atoms with Gasteiger partial charge in [0.25, 0.3) is 0 Å². The van der Waals surface area contributed by atoms with E-state index >= 15 is 0 Å². The molecular weight excluding hydrogens is 562 g/mol. The molecule has 11 nitrogen and oxygen atoms in total. The van der Waals surface area contributed by atoms with Gasteiger partial charge < -0.3 is 14.2 Å². The standard InChI is InChI=1S/C16H23N3O3.C2F6NO4S2/c1-15-6-10-19(11-7-15)12-13-22-16(21)18-9-5-3-2-4-8-17-14-20;3-1(4,5)14(10,11)9-15(12,13)2(6,7)8/h6-7,10-11H,2-5,8-9,12-13H2,1H3;/q;-1/p+1. The number of unbranched alkanes of at least 4 members (excludes halogenated alkanes) is 3. The maximum absolute atomic E-state index is 11.5. The van der Waals surface area contributed by atoms with Gasteiger partial charge in [0, 0.05) is 18.7 Å². The van der Waals surface area contributed by atoms with Crippen LogP contribution in [0.25, 0.3) is 4.13 Å². The van der Waals surface area contributed by atoms with Crippen LogP contribution in [0.5, 0.6) is 0 Å². The molecule has 1 heterocycles. The summed E-state index contributed by atoms with van der Waals surface area (Å²) in [5.41, 5.74) is -11.2. The lowest BCUT2D eigenvalue weighted by molar-refractivity contribution is -0.697.